The van der Waals surface area contributed by atoms with Crippen LogP contribution in [0.5, 0.6) is 0 Å². The van der Waals surface area contributed by atoms with Crippen molar-refractivity contribution in [2.45, 2.75) is 5.41 Å². The Hall–Kier alpha value is -4.12. The van der Waals surface area contributed by atoms with Gasteiger partial charge in [0.05, 0.1) is 5.41 Å². The van der Waals surface area contributed by atoms with E-state index >= 15 is 0 Å². The molecule has 0 saturated carbocycles. The maximum Gasteiger partial charge on any atom is 0.488 e. The third-order valence-electron chi connectivity index (χ3n) is 7.92. The standard InChI is InChI=1S/C31H19BO3/c33-32(34)18-13-14-20-19-7-1-4-10-24(19)31(27(20)17-18)25-11-5-2-9-23(25)29-26(31)16-15-22-21-8-3-6-12-28(21)35-30(22)29/h1-17,33-34H. The number of hydrogen-bond donors (Lipinski definition) is 2. The Labute approximate surface area is 202 Å². The number of hydrogen-bond acceptors (Lipinski definition) is 3. The molecule has 35 heavy (non-hydrogen) atoms. The number of benzene rings is 5. The van der Waals surface area contributed by atoms with Gasteiger partial charge in [0.1, 0.15) is 11.2 Å². The van der Waals surface area contributed by atoms with Gasteiger partial charge < -0.3 is 14.5 Å². The molecule has 2 aliphatic rings. The number of para-hydroxylation sites is 1. The average Bonchev–Trinajstić information content (AvgIpc) is 3.52. The van der Waals surface area contributed by atoms with Crippen molar-refractivity contribution in [3.63, 3.8) is 0 Å². The van der Waals surface area contributed by atoms with Crippen molar-refractivity contribution in [2.75, 3.05) is 0 Å². The van der Waals surface area contributed by atoms with Gasteiger partial charge in [0.25, 0.3) is 0 Å². The van der Waals surface area contributed by atoms with Crippen LogP contribution in [0, 0.1) is 0 Å². The summed E-state index contributed by atoms with van der Waals surface area (Å²) in [7, 11) is -1.53. The molecular formula is C31H19BO3. The van der Waals surface area contributed by atoms with Crippen molar-refractivity contribution in [2.24, 2.45) is 0 Å². The van der Waals surface area contributed by atoms with Crippen LogP contribution < -0.4 is 5.46 Å². The minimum Gasteiger partial charge on any atom is -0.455 e. The molecule has 0 aliphatic heterocycles. The maximum atomic E-state index is 10.1. The zero-order valence-corrected chi connectivity index (χ0v) is 18.7. The van der Waals surface area contributed by atoms with Crippen LogP contribution in [0.3, 0.4) is 0 Å². The molecule has 5 aromatic carbocycles. The highest BCUT2D eigenvalue weighted by molar-refractivity contribution is 6.58. The molecule has 0 radical (unpaired) electrons. The van der Waals surface area contributed by atoms with Crippen molar-refractivity contribution >= 4 is 34.5 Å². The Balaban J connectivity index is 1.59. The summed E-state index contributed by atoms with van der Waals surface area (Å²) in [5, 5.41) is 22.3. The summed E-state index contributed by atoms with van der Waals surface area (Å²) in [6.07, 6.45) is 0. The van der Waals surface area contributed by atoms with Gasteiger partial charge in [0.2, 0.25) is 0 Å². The molecule has 1 spiro atoms. The summed E-state index contributed by atoms with van der Waals surface area (Å²) >= 11 is 0. The Bertz CT molecular complexity index is 1850. The summed E-state index contributed by atoms with van der Waals surface area (Å²) in [5.41, 5.74) is 10.9. The Kier molecular flexibility index (Phi) is 3.57. The van der Waals surface area contributed by atoms with E-state index in [0.717, 1.165) is 44.2 Å². The molecule has 1 atom stereocenters. The van der Waals surface area contributed by atoms with Crippen LogP contribution in [-0.4, -0.2) is 17.2 Å². The van der Waals surface area contributed by atoms with E-state index in [1.165, 1.54) is 22.3 Å². The molecule has 4 heteroatoms. The third kappa shape index (κ3) is 2.20. The SMILES string of the molecule is OB(O)c1ccc2c(c1)C1(c3ccccc3-2)c2ccccc2-c2c1ccc1c2oc2ccccc21. The van der Waals surface area contributed by atoms with Crippen LogP contribution >= 0.6 is 0 Å². The van der Waals surface area contributed by atoms with Gasteiger partial charge in [-0.1, -0.05) is 97.1 Å². The van der Waals surface area contributed by atoms with Gasteiger partial charge in [-0.05, 0) is 50.5 Å². The predicted octanol–water partition coefficient (Wildman–Crippen LogP) is 5.61. The quantitative estimate of drug-likeness (QED) is 0.320. The van der Waals surface area contributed by atoms with E-state index in [4.69, 9.17) is 4.42 Å². The highest BCUT2D eigenvalue weighted by Crippen LogP contribution is 2.63. The van der Waals surface area contributed by atoms with Crippen LogP contribution in [-0.2, 0) is 5.41 Å². The van der Waals surface area contributed by atoms with E-state index in [0.29, 0.717) is 5.46 Å². The monoisotopic (exact) mass is 450 g/mol. The van der Waals surface area contributed by atoms with Gasteiger partial charge in [-0.2, -0.15) is 0 Å². The lowest BCUT2D eigenvalue weighted by Crippen LogP contribution is -2.32. The average molecular weight is 450 g/mol. The highest BCUT2D eigenvalue weighted by Gasteiger charge is 2.52. The Morgan fingerprint density at radius 1 is 0.571 bits per heavy atom. The van der Waals surface area contributed by atoms with Crippen LogP contribution in [0.4, 0.5) is 0 Å². The predicted molar refractivity (Wildman–Crippen MR) is 140 cm³/mol. The van der Waals surface area contributed by atoms with Crippen molar-refractivity contribution in [1.29, 1.82) is 0 Å². The molecule has 8 rings (SSSR count). The van der Waals surface area contributed by atoms with Crippen LogP contribution in [0.25, 0.3) is 44.2 Å². The second-order valence-corrected chi connectivity index (χ2v) is 9.48. The first-order valence-electron chi connectivity index (χ1n) is 11.8. The fraction of sp³-hybridized carbons (Fsp3) is 0.0323. The van der Waals surface area contributed by atoms with E-state index in [9.17, 15) is 10.0 Å². The molecule has 164 valence electrons. The Morgan fingerprint density at radius 3 is 2.09 bits per heavy atom. The Morgan fingerprint density at radius 2 is 1.26 bits per heavy atom. The van der Waals surface area contributed by atoms with Crippen LogP contribution in [0.1, 0.15) is 22.3 Å². The summed E-state index contributed by atoms with van der Waals surface area (Å²) in [6.45, 7) is 0. The molecule has 1 unspecified atom stereocenters. The van der Waals surface area contributed by atoms with Crippen molar-refractivity contribution < 1.29 is 14.5 Å². The zero-order chi connectivity index (χ0) is 23.3. The topological polar surface area (TPSA) is 53.6 Å². The van der Waals surface area contributed by atoms with E-state index in [1.807, 2.05) is 36.4 Å². The first-order valence-corrected chi connectivity index (χ1v) is 11.8. The highest BCUT2D eigenvalue weighted by atomic mass is 16.4. The lowest BCUT2D eigenvalue weighted by Gasteiger charge is -2.30. The summed E-state index contributed by atoms with van der Waals surface area (Å²) in [6, 6.07) is 35.5. The zero-order valence-electron chi connectivity index (χ0n) is 18.7. The van der Waals surface area contributed by atoms with Gasteiger partial charge in [-0.15, -0.1) is 0 Å². The third-order valence-corrected chi connectivity index (χ3v) is 7.92. The van der Waals surface area contributed by atoms with Gasteiger partial charge in [-0.3, -0.25) is 0 Å². The van der Waals surface area contributed by atoms with Gasteiger partial charge in [-0.25, -0.2) is 0 Å². The molecule has 0 bridgehead atoms. The smallest absolute Gasteiger partial charge is 0.455 e. The summed E-state index contributed by atoms with van der Waals surface area (Å²) < 4.78 is 6.51. The molecule has 1 aromatic heterocycles. The van der Waals surface area contributed by atoms with E-state index in [1.54, 1.807) is 0 Å². The number of furan rings is 1. The van der Waals surface area contributed by atoms with Crippen LogP contribution in [0.2, 0.25) is 0 Å². The van der Waals surface area contributed by atoms with E-state index < -0.39 is 12.5 Å². The molecule has 2 N–H and O–H groups in total. The van der Waals surface area contributed by atoms with Gasteiger partial charge in [0.15, 0.2) is 0 Å². The van der Waals surface area contributed by atoms with Crippen LogP contribution in [0.15, 0.2) is 108 Å². The van der Waals surface area contributed by atoms with Gasteiger partial charge >= 0.3 is 7.12 Å². The van der Waals surface area contributed by atoms with Crippen molar-refractivity contribution in [3.8, 4) is 22.3 Å². The molecule has 0 amide bonds. The summed E-state index contributed by atoms with van der Waals surface area (Å²) in [4.78, 5) is 0. The second kappa shape index (κ2) is 6.51. The maximum absolute atomic E-state index is 10.1. The summed E-state index contributed by atoms with van der Waals surface area (Å²) in [5.74, 6) is 0. The normalized spacial score (nSPS) is 17.0. The minimum atomic E-state index is -1.53. The second-order valence-electron chi connectivity index (χ2n) is 9.48. The molecule has 2 aliphatic carbocycles. The number of rotatable bonds is 1. The van der Waals surface area contributed by atoms with Crippen molar-refractivity contribution in [3.05, 3.63) is 125 Å². The molecule has 0 saturated heterocycles. The molecular weight excluding hydrogens is 431 g/mol. The molecule has 1 heterocycles. The van der Waals surface area contributed by atoms with Gasteiger partial charge in [0, 0.05) is 16.3 Å². The molecule has 0 fully saturated rings. The lowest BCUT2D eigenvalue weighted by molar-refractivity contribution is 0.425. The largest absolute Gasteiger partial charge is 0.488 e. The molecule has 3 nitrogen and oxygen atoms in total. The number of fused-ring (bicyclic) bond motifs is 14. The van der Waals surface area contributed by atoms with Crippen molar-refractivity contribution in [1.82, 2.24) is 0 Å². The van der Waals surface area contributed by atoms with E-state index in [2.05, 4.69) is 66.7 Å². The fourth-order valence-corrected chi connectivity index (χ4v) is 6.58. The first kappa shape index (κ1) is 19.2. The molecule has 6 aromatic rings. The minimum absolute atomic E-state index is 0.492. The van der Waals surface area contributed by atoms with E-state index in [-0.39, 0.29) is 0 Å². The first-order chi connectivity index (χ1) is 17.2. The fourth-order valence-electron chi connectivity index (χ4n) is 6.58. The lowest BCUT2D eigenvalue weighted by atomic mass is 9.68.